The summed E-state index contributed by atoms with van der Waals surface area (Å²) in [5.74, 6) is -2.00. The lowest BCUT2D eigenvalue weighted by Gasteiger charge is -2.44. The molecule has 0 bridgehead atoms. The molecule has 0 aliphatic carbocycles. The highest BCUT2D eigenvalue weighted by Crippen LogP contribution is 2.36. The number of nitro benzene ring substituents is 1. The number of nitrogens with zero attached hydrogens (tertiary/aromatic N) is 3. The minimum absolute atomic E-state index is 0.188. The van der Waals surface area contributed by atoms with Gasteiger partial charge in [0.25, 0.3) is 5.69 Å². The highest BCUT2D eigenvalue weighted by atomic mass is 19.4. The molecule has 1 heterocycles. The molecule has 3 atom stereocenters. The Morgan fingerprint density at radius 2 is 1.81 bits per heavy atom. The van der Waals surface area contributed by atoms with Crippen LogP contribution >= 0.6 is 0 Å². The van der Waals surface area contributed by atoms with E-state index in [1.54, 1.807) is 20.8 Å². The molecule has 1 fully saturated rings. The first-order chi connectivity index (χ1) is 16.7. The van der Waals surface area contributed by atoms with Crippen molar-refractivity contribution in [3.05, 3.63) is 33.9 Å². The summed E-state index contributed by atoms with van der Waals surface area (Å²) >= 11 is 0. The number of carboxylic acid groups (broad SMARTS) is 1. The number of hydrogen-bond donors (Lipinski definition) is 2. The van der Waals surface area contributed by atoms with Crippen molar-refractivity contribution in [1.82, 2.24) is 9.80 Å². The average Bonchev–Trinajstić information content (AvgIpc) is 2.75. The van der Waals surface area contributed by atoms with Gasteiger partial charge in [0.1, 0.15) is 5.69 Å². The maximum Gasteiger partial charge on any atom is 0.471 e. The molecule has 0 radical (unpaired) electrons. The van der Waals surface area contributed by atoms with Gasteiger partial charge in [0, 0.05) is 37.3 Å². The highest BCUT2D eigenvalue weighted by Gasteiger charge is 2.46. The number of anilines is 1. The Balaban J connectivity index is 2.34. The molecule has 1 aliphatic heterocycles. The van der Waals surface area contributed by atoms with Gasteiger partial charge < -0.3 is 20.2 Å². The third kappa shape index (κ3) is 7.48. The number of rotatable bonds is 6. The molecule has 208 valence electrons. The Hall–Kier alpha value is -3.05. The zero-order valence-electron chi connectivity index (χ0n) is 22.3. The number of nitrogens with one attached hydrogen (secondary N) is 1. The second-order valence-corrected chi connectivity index (χ2v) is 11.8. The van der Waals surface area contributed by atoms with Crippen LogP contribution in [0.15, 0.2) is 18.2 Å². The molecular formula is C25H37F3N4O5. The summed E-state index contributed by atoms with van der Waals surface area (Å²) in [6, 6.07) is 2.73. The molecule has 1 aromatic carbocycles. The van der Waals surface area contributed by atoms with Gasteiger partial charge in [0.15, 0.2) is 0 Å². The second-order valence-electron chi connectivity index (χ2n) is 11.8. The van der Waals surface area contributed by atoms with Crippen LogP contribution in [0.1, 0.15) is 66.9 Å². The van der Waals surface area contributed by atoms with E-state index in [2.05, 4.69) is 5.32 Å². The molecule has 0 spiro atoms. The first-order valence-corrected chi connectivity index (χ1v) is 12.1. The Labute approximate surface area is 215 Å². The van der Waals surface area contributed by atoms with Crippen LogP contribution in [0.5, 0.6) is 0 Å². The van der Waals surface area contributed by atoms with E-state index < -0.39 is 41.1 Å². The summed E-state index contributed by atoms with van der Waals surface area (Å²) in [4.78, 5) is 37.2. The Morgan fingerprint density at radius 1 is 1.22 bits per heavy atom. The van der Waals surface area contributed by atoms with Crippen LogP contribution in [0.3, 0.4) is 0 Å². The fourth-order valence-electron chi connectivity index (χ4n) is 4.53. The third-order valence-electron chi connectivity index (χ3n) is 7.04. The average molecular weight is 531 g/mol. The highest BCUT2D eigenvalue weighted by molar-refractivity contribution is 5.82. The molecule has 0 aromatic heterocycles. The Bertz CT molecular complexity index is 1020. The Kier molecular flexibility index (Phi) is 8.76. The number of likely N-dealkylation sites (tertiary alicyclic amines) is 1. The van der Waals surface area contributed by atoms with Gasteiger partial charge in [0.2, 0.25) is 0 Å². The van der Waals surface area contributed by atoms with Crippen molar-refractivity contribution in [1.29, 1.82) is 0 Å². The van der Waals surface area contributed by atoms with Crippen LogP contribution in [-0.2, 0) is 11.3 Å². The number of hydrogen-bond acceptors (Lipinski definition) is 5. The van der Waals surface area contributed by atoms with Crippen LogP contribution in [0.25, 0.3) is 0 Å². The normalized spacial score (nSPS) is 19.8. The van der Waals surface area contributed by atoms with Crippen LogP contribution in [0.2, 0.25) is 0 Å². The zero-order valence-corrected chi connectivity index (χ0v) is 22.3. The number of carbonyl (C=O) groups excluding carboxylic acids is 1. The van der Waals surface area contributed by atoms with Crippen LogP contribution in [0.4, 0.5) is 29.3 Å². The van der Waals surface area contributed by atoms with E-state index >= 15 is 0 Å². The Morgan fingerprint density at radius 3 is 2.27 bits per heavy atom. The van der Waals surface area contributed by atoms with E-state index in [1.807, 2.05) is 20.8 Å². The minimum Gasteiger partial charge on any atom is -0.465 e. The molecule has 1 saturated heterocycles. The molecular weight excluding hydrogens is 493 g/mol. The summed E-state index contributed by atoms with van der Waals surface area (Å²) in [6.45, 7) is 12.3. The predicted molar refractivity (Wildman–Crippen MR) is 133 cm³/mol. The van der Waals surface area contributed by atoms with Gasteiger partial charge >= 0.3 is 18.2 Å². The lowest BCUT2D eigenvalue weighted by atomic mass is 9.79. The monoisotopic (exact) mass is 530 g/mol. The number of amides is 2. The molecule has 2 N–H and O–H groups in total. The topological polar surface area (TPSA) is 116 Å². The first kappa shape index (κ1) is 30.2. The van der Waals surface area contributed by atoms with Crippen LogP contribution in [0, 0.1) is 20.9 Å². The molecule has 12 heteroatoms. The van der Waals surface area contributed by atoms with Gasteiger partial charge in [-0.25, -0.2) is 4.79 Å². The molecule has 37 heavy (non-hydrogen) atoms. The quantitative estimate of drug-likeness (QED) is 0.350. The summed E-state index contributed by atoms with van der Waals surface area (Å²) < 4.78 is 40.0. The first-order valence-electron chi connectivity index (χ1n) is 12.1. The maximum absolute atomic E-state index is 13.3. The zero-order chi connectivity index (χ0) is 28.5. The van der Waals surface area contributed by atoms with E-state index in [0.29, 0.717) is 17.7 Å². The smallest absolute Gasteiger partial charge is 0.465 e. The number of benzene rings is 1. The van der Waals surface area contributed by atoms with Crippen LogP contribution < -0.4 is 5.32 Å². The standard InChI is InChI=1S/C25H37F3N4O5/c1-15(23(2,3)4)31(21(33)25(26,27)28)14-16-8-9-18(19(12-16)32(36)37)29-17-10-11-30(22(34)35)20(13-17)24(5,6)7/h8-9,12,15,17,20,29H,10-11,13-14H2,1-7H3,(H,34,35). The number of alkyl halides is 3. The van der Waals surface area contributed by atoms with Gasteiger partial charge in [-0.15, -0.1) is 0 Å². The third-order valence-corrected chi connectivity index (χ3v) is 7.04. The summed E-state index contributed by atoms with van der Waals surface area (Å²) in [7, 11) is 0. The lowest BCUT2D eigenvalue weighted by Crippen LogP contribution is -2.54. The summed E-state index contributed by atoms with van der Waals surface area (Å²) in [6.07, 6.45) is -5.22. The largest absolute Gasteiger partial charge is 0.471 e. The van der Waals surface area contributed by atoms with E-state index in [9.17, 15) is 38.0 Å². The molecule has 2 rings (SSSR count). The second kappa shape index (κ2) is 10.7. The molecule has 3 unspecified atom stereocenters. The van der Waals surface area contributed by atoms with Gasteiger partial charge in [-0.3, -0.25) is 14.9 Å². The summed E-state index contributed by atoms with van der Waals surface area (Å²) in [5, 5.41) is 24.6. The van der Waals surface area contributed by atoms with E-state index in [4.69, 9.17) is 0 Å². The summed E-state index contributed by atoms with van der Waals surface area (Å²) in [5.41, 5.74) is -0.963. The van der Waals surface area contributed by atoms with Crippen molar-refractivity contribution in [2.45, 2.75) is 92.2 Å². The van der Waals surface area contributed by atoms with E-state index in [-0.39, 0.29) is 41.0 Å². The molecule has 2 amide bonds. The van der Waals surface area contributed by atoms with Crippen molar-refractivity contribution in [3.63, 3.8) is 0 Å². The lowest BCUT2D eigenvalue weighted by molar-refractivity contribution is -0.384. The van der Waals surface area contributed by atoms with Crippen molar-refractivity contribution >= 4 is 23.4 Å². The fourth-order valence-corrected chi connectivity index (χ4v) is 4.53. The number of piperidine rings is 1. The number of carbonyl (C=O) groups is 2. The van der Waals surface area contributed by atoms with Crippen molar-refractivity contribution < 1.29 is 32.8 Å². The minimum atomic E-state index is -5.08. The van der Waals surface area contributed by atoms with Crippen molar-refractivity contribution in [2.75, 3.05) is 11.9 Å². The SMILES string of the molecule is CC(N(Cc1ccc(NC2CCN(C(=O)O)C(C(C)(C)C)C2)c([N+](=O)[O-])c1)C(=O)C(F)(F)F)C(C)(C)C. The van der Waals surface area contributed by atoms with Crippen molar-refractivity contribution in [3.8, 4) is 0 Å². The molecule has 9 nitrogen and oxygen atoms in total. The molecule has 0 saturated carbocycles. The number of nitro groups is 1. The molecule has 1 aromatic rings. The molecule has 1 aliphatic rings. The van der Waals surface area contributed by atoms with E-state index in [1.165, 1.54) is 30.0 Å². The van der Waals surface area contributed by atoms with Crippen molar-refractivity contribution in [2.24, 2.45) is 10.8 Å². The fraction of sp³-hybridized carbons (Fsp3) is 0.680. The number of halogens is 3. The van der Waals surface area contributed by atoms with Gasteiger partial charge in [-0.05, 0) is 42.2 Å². The van der Waals surface area contributed by atoms with Gasteiger partial charge in [-0.1, -0.05) is 47.6 Å². The van der Waals surface area contributed by atoms with Gasteiger partial charge in [0.05, 0.1) is 4.92 Å². The predicted octanol–water partition coefficient (Wildman–Crippen LogP) is 5.89. The van der Waals surface area contributed by atoms with E-state index in [0.717, 1.165) is 0 Å². The maximum atomic E-state index is 13.3. The van der Waals surface area contributed by atoms with Crippen LogP contribution in [-0.4, -0.2) is 62.7 Å². The van der Waals surface area contributed by atoms with Gasteiger partial charge in [-0.2, -0.15) is 13.2 Å².